The lowest BCUT2D eigenvalue weighted by atomic mass is 9.61. The van der Waals surface area contributed by atoms with Crippen molar-refractivity contribution in [3.05, 3.63) is 228 Å². The molecule has 2 unspecified atom stereocenters. The predicted octanol–water partition coefficient (Wildman–Crippen LogP) is 12.1. The van der Waals surface area contributed by atoms with E-state index < -0.39 is 0 Å². The number of benzene rings is 7. The van der Waals surface area contributed by atoms with Crippen LogP contribution in [0.15, 0.2) is 195 Å². The van der Waals surface area contributed by atoms with E-state index in [2.05, 4.69) is 141 Å². The number of nitrogens with zero attached hydrogens (tertiary/aromatic N) is 8. The summed E-state index contributed by atoms with van der Waals surface area (Å²) < 4.78 is 0. The molecule has 0 N–H and O–H groups in total. The zero-order chi connectivity index (χ0) is 42.1. The van der Waals surface area contributed by atoms with Gasteiger partial charge in [0.25, 0.3) is 0 Å². The van der Waals surface area contributed by atoms with Crippen LogP contribution in [-0.2, 0) is 0 Å². The first kappa shape index (κ1) is 36.1. The Morgan fingerprint density at radius 3 is 1.05 bits per heavy atom. The molecule has 4 aromatic heterocycles. The Morgan fingerprint density at radius 1 is 0.250 bits per heavy atom. The van der Waals surface area contributed by atoms with Crippen molar-refractivity contribution < 1.29 is 0 Å². The van der Waals surface area contributed by atoms with Crippen molar-refractivity contribution in [1.29, 1.82) is 0 Å². The van der Waals surface area contributed by atoms with Crippen LogP contribution in [-0.4, -0.2) is 39.9 Å². The maximum Gasteiger partial charge on any atom is 0.160 e. The molecule has 3 aliphatic carbocycles. The van der Waals surface area contributed by atoms with E-state index in [1.54, 1.807) is 24.8 Å². The number of aromatic nitrogens is 8. The van der Waals surface area contributed by atoms with Crippen LogP contribution >= 0.6 is 0 Å². The first-order valence-electron chi connectivity index (χ1n) is 21.4. The SMILES string of the molecule is c1ccc(-c2cc(-c3ccc4nccnc4c3)nc(-c3ccc4c(c3)C3c5ccccc5C4c4cc(-c5nc(-c6ccccc6)cc(-c6ccc7nccnc7c6)n5)ccc43)n2)cc1. The van der Waals surface area contributed by atoms with Crippen molar-refractivity contribution in [2.75, 3.05) is 0 Å². The molecule has 0 fully saturated rings. The van der Waals surface area contributed by atoms with E-state index in [1.807, 2.05) is 48.5 Å². The van der Waals surface area contributed by atoms with Gasteiger partial charge in [-0.3, -0.25) is 19.9 Å². The maximum atomic E-state index is 5.24. The van der Waals surface area contributed by atoms with E-state index in [1.165, 1.54) is 33.4 Å². The van der Waals surface area contributed by atoms with E-state index in [0.29, 0.717) is 11.6 Å². The molecule has 0 aliphatic heterocycles. The minimum Gasteiger partial charge on any atom is -0.253 e. The van der Waals surface area contributed by atoms with Gasteiger partial charge in [-0.05, 0) is 81.9 Å². The third kappa shape index (κ3) is 5.99. The summed E-state index contributed by atoms with van der Waals surface area (Å²) in [7, 11) is 0. The van der Waals surface area contributed by atoms with Gasteiger partial charge in [0.15, 0.2) is 11.6 Å². The van der Waals surface area contributed by atoms with Crippen molar-refractivity contribution in [3.63, 3.8) is 0 Å². The molecule has 14 rings (SSSR count). The number of fused-ring (bicyclic) bond motifs is 2. The molecule has 4 heterocycles. The van der Waals surface area contributed by atoms with Crippen molar-refractivity contribution >= 4 is 22.1 Å². The highest BCUT2D eigenvalue weighted by Crippen LogP contribution is 2.56. The van der Waals surface area contributed by atoms with Gasteiger partial charge in [-0.1, -0.05) is 121 Å². The zero-order valence-corrected chi connectivity index (χ0v) is 34.2. The summed E-state index contributed by atoms with van der Waals surface area (Å²) in [5.74, 6) is 1.41. The van der Waals surface area contributed by atoms with Gasteiger partial charge in [0.2, 0.25) is 0 Å². The van der Waals surface area contributed by atoms with Gasteiger partial charge >= 0.3 is 0 Å². The molecule has 64 heavy (non-hydrogen) atoms. The number of hydrogen-bond donors (Lipinski definition) is 0. The van der Waals surface area contributed by atoms with Crippen molar-refractivity contribution in [3.8, 4) is 67.8 Å². The van der Waals surface area contributed by atoms with Crippen LogP contribution < -0.4 is 0 Å². The summed E-state index contributed by atoms with van der Waals surface area (Å²) >= 11 is 0. The summed E-state index contributed by atoms with van der Waals surface area (Å²) in [6.45, 7) is 0. The molecule has 0 amide bonds. The molecular formula is C56H34N8. The van der Waals surface area contributed by atoms with Crippen molar-refractivity contribution in [2.24, 2.45) is 0 Å². The average molecular weight is 819 g/mol. The zero-order valence-electron chi connectivity index (χ0n) is 34.2. The minimum absolute atomic E-state index is 0.0295. The first-order valence-corrected chi connectivity index (χ1v) is 21.4. The van der Waals surface area contributed by atoms with Crippen LogP contribution in [0.4, 0.5) is 0 Å². The molecule has 3 aliphatic rings. The smallest absolute Gasteiger partial charge is 0.160 e. The highest BCUT2D eigenvalue weighted by molar-refractivity contribution is 5.84. The predicted molar refractivity (Wildman–Crippen MR) is 251 cm³/mol. The summed E-state index contributed by atoms with van der Waals surface area (Å²) in [5, 5.41) is 0. The van der Waals surface area contributed by atoms with Gasteiger partial charge in [-0.15, -0.1) is 0 Å². The van der Waals surface area contributed by atoms with E-state index in [-0.39, 0.29) is 11.8 Å². The molecular weight excluding hydrogens is 785 g/mol. The maximum absolute atomic E-state index is 5.24. The second-order valence-corrected chi connectivity index (χ2v) is 16.4. The average Bonchev–Trinajstić information content (AvgIpc) is 3.38. The fraction of sp³-hybridized carbons (Fsp3) is 0.0357. The fourth-order valence-corrected chi connectivity index (χ4v) is 9.70. The van der Waals surface area contributed by atoms with Crippen LogP contribution in [0.1, 0.15) is 45.2 Å². The number of hydrogen-bond acceptors (Lipinski definition) is 8. The third-order valence-electron chi connectivity index (χ3n) is 12.7. The monoisotopic (exact) mass is 818 g/mol. The minimum atomic E-state index is 0.0295. The summed E-state index contributed by atoms with van der Waals surface area (Å²) in [4.78, 5) is 39.1. The van der Waals surface area contributed by atoms with E-state index in [4.69, 9.17) is 19.9 Å². The van der Waals surface area contributed by atoms with Crippen LogP contribution in [0, 0.1) is 0 Å². The van der Waals surface area contributed by atoms with Gasteiger partial charge < -0.3 is 0 Å². The lowest BCUT2D eigenvalue weighted by Gasteiger charge is -2.42. The molecule has 7 aromatic carbocycles. The normalized spacial score (nSPS) is 14.6. The fourth-order valence-electron chi connectivity index (χ4n) is 9.70. The van der Waals surface area contributed by atoms with Crippen LogP contribution in [0.5, 0.6) is 0 Å². The molecule has 0 radical (unpaired) electrons. The molecule has 8 nitrogen and oxygen atoms in total. The Kier molecular flexibility index (Phi) is 8.17. The number of rotatable bonds is 6. The molecule has 298 valence electrons. The molecule has 0 saturated heterocycles. The molecule has 2 bridgehead atoms. The first-order chi connectivity index (χ1) is 31.7. The van der Waals surface area contributed by atoms with Crippen LogP contribution in [0.3, 0.4) is 0 Å². The van der Waals surface area contributed by atoms with Gasteiger partial charge in [-0.2, -0.15) is 0 Å². The summed E-state index contributed by atoms with van der Waals surface area (Å²) in [5.41, 5.74) is 20.4. The topological polar surface area (TPSA) is 103 Å². The molecule has 0 spiro atoms. The van der Waals surface area contributed by atoms with Gasteiger partial charge in [0.05, 0.1) is 44.8 Å². The standard InChI is InChI=1S/C56H34N8/c1-3-9-33(10-4-1)47-31-49(35-17-21-45-51(29-35)59-25-23-57-45)63-55(61-47)37-15-19-41-43(27-37)53-39-13-7-8-14-40(39)54(41)44-28-38(16-20-42(44)53)56-62-48(34-11-5-2-6-12-34)32-50(64-56)36-18-22-46-52(30-36)60-26-24-58-46/h1-32,53-54H. The van der Waals surface area contributed by atoms with E-state index in [9.17, 15) is 0 Å². The highest BCUT2D eigenvalue weighted by Gasteiger charge is 2.41. The summed E-state index contributed by atoms with van der Waals surface area (Å²) in [6, 6.07) is 59.5. The van der Waals surface area contributed by atoms with Gasteiger partial charge in [0, 0.05) is 70.0 Å². The Morgan fingerprint density at radius 2 is 0.609 bits per heavy atom. The van der Waals surface area contributed by atoms with Crippen LogP contribution in [0.2, 0.25) is 0 Å². The molecule has 0 saturated carbocycles. The molecule has 11 aromatic rings. The highest BCUT2D eigenvalue weighted by atomic mass is 14.9. The summed E-state index contributed by atoms with van der Waals surface area (Å²) in [6.07, 6.45) is 6.88. The Hall–Kier alpha value is -8.62. The largest absolute Gasteiger partial charge is 0.253 e. The van der Waals surface area contributed by atoms with E-state index in [0.717, 1.165) is 78.2 Å². The molecule has 2 atom stereocenters. The Balaban J connectivity index is 0.938. The van der Waals surface area contributed by atoms with E-state index >= 15 is 0 Å². The second kappa shape index (κ2) is 14.5. The lowest BCUT2D eigenvalue weighted by Crippen LogP contribution is -2.27. The molecule has 8 heteroatoms. The Labute approximate surface area is 368 Å². The Bertz CT molecular complexity index is 3410. The quantitative estimate of drug-likeness (QED) is 0.163. The second-order valence-electron chi connectivity index (χ2n) is 16.4. The van der Waals surface area contributed by atoms with Crippen LogP contribution in [0.25, 0.3) is 89.9 Å². The lowest BCUT2D eigenvalue weighted by molar-refractivity contribution is 0.754. The van der Waals surface area contributed by atoms with Gasteiger partial charge in [-0.25, -0.2) is 19.9 Å². The third-order valence-corrected chi connectivity index (χ3v) is 12.7. The van der Waals surface area contributed by atoms with Crippen molar-refractivity contribution in [2.45, 2.75) is 11.8 Å². The van der Waals surface area contributed by atoms with Gasteiger partial charge in [0.1, 0.15) is 0 Å². The van der Waals surface area contributed by atoms with Crippen molar-refractivity contribution in [1.82, 2.24) is 39.9 Å².